The first-order valence-corrected chi connectivity index (χ1v) is 8.89. The minimum atomic E-state index is -0.309. The molecule has 0 amide bonds. The summed E-state index contributed by atoms with van der Waals surface area (Å²) < 4.78 is 10.7. The molecule has 7 heteroatoms. The predicted octanol–water partition coefficient (Wildman–Crippen LogP) is 3.16. The molecule has 26 heavy (non-hydrogen) atoms. The number of rotatable bonds is 4. The maximum absolute atomic E-state index is 12.2. The number of fused-ring (bicyclic) bond motifs is 1. The Balaban J connectivity index is 1.98. The van der Waals surface area contributed by atoms with Crippen LogP contribution in [0.5, 0.6) is 0 Å². The monoisotopic (exact) mass is 373 g/mol. The summed E-state index contributed by atoms with van der Waals surface area (Å²) in [5, 5.41) is 11.0. The summed E-state index contributed by atoms with van der Waals surface area (Å²) in [5.74, 6) is -0.541. The number of hydrogen-bond donors (Lipinski definition) is 0. The van der Waals surface area contributed by atoms with Crippen molar-refractivity contribution in [3.05, 3.63) is 35.0 Å². The number of pyridine rings is 1. The van der Waals surface area contributed by atoms with Gasteiger partial charge in [0.25, 0.3) is 0 Å². The fourth-order valence-electron chi connectivity index (χ4n) is 3.45. The Morgan fingerprint density at radius 1 is 1.50 bits per heavy atom. The highest BCUT2D eigenvalue weighted by molar-refractivity contribution is 6.31. The molecule has 0 N–H and O–H groups in total. The van der Waals surface area contributed by atoms with E-state index in [1.807, 2.05) is 12.1 Å². The van der Waals surface area contributed by atoms with Gasteiger partial charge in [-0.05, 0) is 31.5 Å². The fourth-order valence-corrected chi connectivity index (χ4v) is 3.62. The molecule has 3 rings (SSSR count). The van der Waals surface area contributed by atoms with Crippen LogP contribution in [0.3, 0.4) is 0 Å². The maximum atomic E-state index is 12.2. The molecule has 136 valence electrons. The van der Waals surface area contributed by atoms with Gasteiger partial charge in [-0.2, -0.15) is 5.26 Å². The molecule has 1 aliphatic rings. The van der Waals surface area contributed by atoms with Crippen LogP contribution in [0.15, 0.2) is 24.4 Å². The molecule has 2 aromatic rings. The van der Waals surface area contributed by atoms with Gasteiger partial charge in [0.2, 0.25) is 0 Å². The minimum Gasteiger partial charge on any atom is -0.466 e. The smallest absolute Gasteiger partial charge is 0.311 e. The first kappa shape index (κ1) is 18.4. The van der Waals surface area contributed by atoms with Gasteiger partial charge in [-0.3, -0.25) is 9.78 Å². The molecule has 1 aliphatic heterocycles. The Hall–Kier alpha value is -2.36. The van der Waals surface area contributed by atoms with Gasteiger partial charge in [-0.15, -0.1) is 0 Å². The number of benzene rings is 1. The van der Waals surface area contributed by atoms with Gasteiger partial charge in [0.1, 0.15) is 6.07 Å². The third-order valence-electron chi connectivity index (χ3n) is 4.69. The van der Waals surface area contributed by atoms with Gasteiger partial charge in [0, 0.05) is 36.8 Å². The summed E-state index contributed by atoms with van der Waals surface area (Å²) in [6, 6.07) is 7.64. The van der Waals surface area contributed by atoms with Crippen molar-refractivity contribution in [2.45, 2.75) is 19.4 Å². The number of methoxy groups -OCH3 is 1. The van der Waals surface area contributed by atoms with E-state index < -0.39 is 0 Å². The number of ether oxygens (including phenoxy) is 2. The van der Waals surface area contributed by atoms with Crippen molar-refractivity contribution < 1.29 is 14.3 Å². The number of nitrogens with zero attached hydrogens (tertiary/aromatic N) is 3. The summed E-state index contributed by atoms with van der Waals surface area (Å²) in [6.45, 7) is 3.24. The van der Waals surface area contributed by atoms with E-state index in [4.69, 9.17) is 21.1 Å². The van der Waals surface area contributed by atoms with E-state index in [-0.39, 0.29) is 18.0 Å². The molecule has 6 nitrogen and oxygen atoms in total. The number of carbonyl (C=O) groups excluding carboxylic acids is 1. The quantitative estimate of drug-likeness (QED) is 0.766. The third-order valence-corrected chi connectivity index (χ3v) is 4.92. The van der Waals surface area contributed by atoms with Crippen LogP contribution >= 0.6 is 11.6 Å². The highest BCUT2D eigenvalue weighted by Crippen LogP contribution is 2.34. The number of anilines is 1. The van der Waals surface area contributed by atoms with Crippen molar-refractivity contribution in [1.82, 2.24) is 4.98 Å². The number of piperidine rings is 1. The summed E-state index contributed by atoms with van der Waals surface area (Å²) >= 11 is 6.17. The third kappa shape index (κ3) is 3.46. The van der Waals surface area contributed by atoms with Crippen molar-refractivity contribution in [1.29, 1.82) is 5.26 Å². The van der Waals surface area contributed by atoms with Crippen LogP contribution in [0, 0.1) is 17.2 Å². The summed E-state index contributed by atoms with van der Waals surface area (Å²) in [6.07, 6.45) is 1.86. The van der Waals surface area contributed by atoms with Crippen LogP contribution in [0.1, 0.15) is 18.9 Å². The number of nitriles is 1. The standard InChI is InChI=1S/C19H20ClN3O3/c1-3-26-19(24)14-6-7-23(11-17(14)25-2)18-12(9-21)10-22-16-5-4-13(20)8-15(16)18/h4-5,8,10,14,17H,3,6-7,11H2,1-2H3/t14-,17+/m0/s1. The average Bonchev–Trinajstić information content (AvgIpc) is 2.66. The lowest BCUT2D eigenvalue weighted by molar-refractivity contribution is -0.153. The van der Waals surface area contributed by atoms with E-state index in [1.165, 1.54) is 0 Å². The molecule has 2 atom stereocenters. The largest absolute Gasteiger partial charge is 0.466 e. The molecule has 2 heterocycles. The highest BCUT2D eigenvalue weighted by atomic mass is 35.5. The zero-order chi connectivity index (χ0) is 18.7. The van der Waals surface area contributed by atoms with Crippen LogP contribution in [-0.4, -0.2) is 43.9 Å². The molecule has 1 fully saturated rings. The zero-order valence-corrected chi connectivity index (χ0v) is 15.5. The Kier molecular flexibility index (Phi) is 5.60. The van der Waals surface area contributed by atoms with Crippen LogP contribution in [0.2, 0.25) is 5.02 Å². The Morgan fingerprint density at radius 3 is 3.00 bits per heavy atom. The van der Waals surface area contributed by atoms with E-state index in [0.717, 1.165) is 16.6 Å². The molecule has 0 radical (unpaired) electrons. The summed E-state index contributed by atoms with van der Waals surface area (Å²) in [7, 11) is 1.59. The SMILES string of the molecule is CCOC(=O)[C@H]1CCN(c2c(C#N)cnc3ccc(Cl)cc23)C[C@H]1OC. The maximum Gasteiger partial charge on any atom is 0.311 e. The van der Waals surface area contributed by atoms with Gasteiger partial charge in [-0.1, -0.05) is 11.6 Å². The lowest BCUT2D eigenvalue weighted by Gasteiger charge is -2.38. The normalized spacial score (nSPS) is 20.0. The van der Waals surface area contributed by atoms with Gasteiger partial charge >= 0.3 is 5.97 Å². The number of halogens is 1. The van der Waals surface area contributed by atoms with E-state index in [1.54, 1.807) is 26.3 Å². The van der Waals surface area contributed by atoms with Gasteiger partial charge in [0.05, 0.1) is 35.4 Å². The Morgan fingerprint density at radius 2 is 2.31 bits per heavy atom. The first-order valence-electron chi connectivity index (χ1n) is 8.51. The molecule has 1 aromatic carbocycles. The zero-order valence-electron chi connectivity index (χ0n) is 14.7. The first-order chi connectivity index (χ1) is 12.6. The average molecular weight is 374 g/mol. The van der Waals surface area contributed by atoms with Crippen molar-refractivity contribution >= 4 is 34.2 Å². The number of aromatic nitrogens is 1. The van der Waals surface area contributed by atoms with Gasteiger partial charge < -0.3 is 14.4 Å². The van der Waals surface area contributed by atoms with Crippen molar-refractivity contribution in [2.24, 2.45) is 5.92 Å². The van der Waals surface area contributed by atoms with Crippen molar-refractivity contribution in [3.63, 3.8) is 0 Å². The van der Waals surface area contributed by atoms with Crippen LogP contribution in [0.4, 0.5) is 5.69 Å². The molecule has 0 unspecified atom stereocenters. The Labute approximate surface area is 157 Å². The topological polar surface area (TPSA) is 75.5 Å². The second kappa shape index (κ2) is 7.90. The predicted molar refractivity (Wildman–Crippen MR) is 99.2 cm³/mol. The number of hydrogen-bond acceptors (Lipinski definition) is 6. The van der Waals surface area contributed by atoms with E-state index >= 15 is 0 Å². The van der Waals surface area contributed by atoms with Crippen molar-refractivity contribution in [3.8, 4) is 6.07 Å². The highest BCUT2D eigenvalue weighted by Gasteiger charge is 2.36. The lowest BCUT2D eigenvalue weighted by atomic mass is 9.92. The van der Waals surface area contributed by atoms with E-state index in [9.17, 15) is 10.1 Å². The molecule has 1 saturated heterocycles. The molecule has 0 spiro atoms. The van der Waals surface area contributed by atoms with Crippen LogP contribution < -0.4 is 4.90 Å². The second-order valence-corrected chi connectivity index (χ2v) is 6.60. The number of carbonyl (C=O) groups is 1. The second-order valence-electron chi connectivity index (χ2n) is 6.16. The van der Waals surface area contributed by atoms with Crippen molar-refractivity contribution in [2.75, 3.05) is 31.7 Å². The van der Waals surface area contributed by atoms with E-state index in [0.29, 0.717) is 36.7 Å². The molecule has 0 saturated carbocycles. The summed E-state index contributed by atoms with van der Waals surface area (Å²) in [5.41, 5.74) is 2.03. The minimum absolute atomic E-state index is 0.234. The van der Waals surface area contributed by atoms with Gasteiger partial charge in [0.15, 0.2) is 0 Å². The molecular weight excluding hydrogens is 354 g/mol. The number of esters is 1. The molecule has 1 aromatic heterocycles. The molecular formula is C19H20ClN3O3. The molecule has 0 bridgehead atoms. The molecule has 0 aliphatic carbocycles. The lowest BCUT2D eigenvalue weighted by Crippen LogP contribution is -2.48. The van der Waals surface area contributed by atoms with Gasteiger partial charge in [-0.25, -0.2) is 0 Å². The van der Waals surface area contributed by atoms with E-state index in [2.05, 4.69) is 16.0 Å². The van der Waals surface area contributed by atoms with Crippen LogP contribution in [0.25, 0.3) is 10.9 Å². The Bertz CT molecular complexity index is 865. The fraction of sp³-hybridized carbons (Fsp3) is 0.421. The summed E-state index contributed by atoms with van der Waals surface area (Å²) in [4.78, 5) is 18.6. The van der Waals surface area contributed by atoms with Crippen LogP contribution in [-0.2, 0) is 14.3 Å².